The fourth-order valence-electron chi connectivity index (χ4n) is 1.90. The summed E-state index contributed by atoms with van der Waals surface area (Å²) < 4.78 is 2.02. The number of aromatic amines is 1. The molecule has 9 heteroatoms. The number of aromatic carboxylic acids is 3. The molecule has 0 aliphatic carbocycles. The van der Waals surface area contributed by atoms with Crippen LogP contribution in [0.15, 0.2) is 30.6 Å². The molecule has 0 aliphatic heterocycles. The molecule has 1 aromatic carbocycles. The number of carboxylic acids is 3. The Hall–Kier alpha value is -3.67. The maximum Gasteiger partial charge on any atom is 0.336 e. The summed E-state index contributed by atoms with van der Waals surface area (Å²) in [6.07, 6.45) is 4.38. The van der Waals surface area contributed by atoms with Crippen molar-refractivity contribution in [3.8, 4) is 6.07 Å². The van der Waals surface area contributed by atoms with Gasteiger partial charge in [0, 0.05) is 6.92 Å². The maximum absolute atomic E-state index is 10.6. The number of nitriles is 1. The maximum atomic E-state index is 10.6. The Bertz CT molecular complexity index is 835. The van der Waals surface area contributed by atoms with Crippen LogP contribution in [-0.2, 0) is 6.54 Å². The fourth-order valence-corrected chi connectivity index (χ4v) is 1.90. The number of benzene rings is 1. The Morgan fingerprint density at radius 3 is 2.20 bits per heavy atom. The molecule has 9 nitrogen and oxygen atoms in total. The first-order valence-electron chi connectivity index (χ1n) is 7.02. The van der Waals surface area contributed by atoms with Crippen molar-refractivity contribution in [2.75, 3.05) is 0 Å². The molecule has 0 amide bonds. The molecule has 0 fully saturated rings. The number of nitrogens with zero attached hydrogens (tertiary/aromatic N) is 2. The number of imidazole rings is 1. The summed E-state index contributed by atoms with van der Waals surface area (Å²) in [7, 11) is 0. The second-order valence-electron chi connectivity index (χ2n) is 4.82. The van der Waals surface area contributed by atoms with Gasteiger partial charge in [0.1, 0.15) is 18.9 Å². The van der Waals surface area contributed by atoms with Crippen LogP contribution in [0.3, 0.4) is 0 Å². The highest BCUT2D eigenvalue weighted by Gasteiger charge is 2.17. The van der Waals surface area contributed by atoms with Crippen LogP contribution in [0.5, 0.6) is 0 Å². The molecule has 0 atom stereocenters. The molecule has 4 N–H and O–H groups in total. The summed E-state index contributed by atoms with van der Waals surface area (Å²) in [5.41, 5.74) is -1.24. The van der Waals surface area contributed by atoms with Gasteiger partial charge in [0.05, 0.1) is 29.2 Å². The van der Waals surface area contributed by atoms with Crippen LogP contribution in [0, 0.1) is 18.3 Å². The van der Waals surface area contributed by atoms with Gasteiger partial charge in [0.15, 0.2) is 0 Å². The molecular formula is C16H16N3O6+. The predicted molar refractivity (Wildman–Crippen MR) is 83.3 cm³/mol. The minimum Gasteiger partial charge on any atom is -0.478 e. The van der Waals surface area contributed by atoms with E-state index in [2.05, 4.69) is 11.1 Å². The molecule has 0 aliphatic rings. The number of hydrogen-bond acceptors (Lipinski definition) is 4. The van der Waals surface area contributed by atoms with E-state index in [4.69, 9.17) is 20.6 Å². The smallest absolute Gasteiger partial charge is 0.336 e. The van der Waals surface area contributed by atoms with Crippen LogP contribution in [0.4, 0.5) is 0 Å². The van der Waals surface area contributed by atoms with Crippen molar-refractivity contribution >= 4 is 17.9 Å². The van der Waals surface area contributed by atoms with Gasteiger partial charge in [-0.05, 0) is 18.2 Å². The molecule has 130 valence electrons. The van der Waals surface area contributed by atoms with Crippen LogP contribution in [0.1, 0.15) is 43.3 Å². The van der Waals surface area contributed by atoms with E-state index in [1.807, 2.05) is 23.9 Å². The van der Waals surface area contributed by atoms with Gasteiger partial charge in [-0.3, -0.25) is 0 Å². The van der Waals surface area contributed by atoms with Gasteiger partial charge < -0.3 is 15.3 Å². The lowest BCUT2D eigenvalue weighted by atomic mass is 10.0. The monoisotopic (exact) mass is 346 g/mol. The SMILES string of the molecule is Cc1[nH]cc[n+]1CCC#N.O=C(O)c1ccc(C(=O)O)c(C(=O)O)c1. The number of nitrogens with one attached hydrogen (secondary N) is 1. The van der Waals surface area contributed by atoms with Gasteiger partial charge in [0.2, 0.25) is 0 Å². The molecule has 1 heterocycles. The van der Waals surface area contributed by atoms with Crippen LogP contribution in [0.2, 0.25) is 0 Å². The molecule has 2 aromatic rings. The van der Waals surface area contributed by atoms with Gasteiger partial charge >= 0.3 is 17.9 Å². The summed E-state index contributed by atoms with van der Waals surface area (Å²) in [4.78, 5) is 34.8. The minimum absolute atomic E-state index is 0.266. The highest BCUT2D eigenvalue weighted by molar-refractivity contribution is 6.03. The summed E-state index contributed by atoms with van der Waals surface area (Å²) in [6, 6.07) is 4.91. The third-order valence-corrected chi connectivity index (χ3v) is 3.17. The van der Waals surface area contributed by atoms with E-state index < -0.39 is 29.0 Å². The lowest BCUT2D eigenvalue weighted by Crippen LogP contribution is -2.34. The first-order valence-corrected chi connectivity index (χ1v) is 7.02. The van der Waals surface area contributed by atoms with E-state index in [9.17, 15) is 14.4 Å². The van der Waals surface area contributed by atoms with Gasteiger partial charge in [-0.2, -0.15) is 5.26 Å². The molecule has 0 unspecified atom stereocenters. The third-order valence-electron chi connectivity index (χ3n) is 3.17. The Labute approximate surface area is 142 Å². The van der Waals surface area contributed by atoms with Gasteiger partial charge in [-0.25, -0.2) is 23.9 Å². The molecule has 0 spiro atoms. The second kappa shape index (κ2) is 8.83. The second-order valence-corrected chi connectivity index (χ2v) is 4.82. The lowest BCUT2D eigenvalue weighted by Gasteiger charge is -2.02. The predicted octanol–water partition coefficient (Wildman–Crippen LogP) is 1.31. The fraction of sp³-hybridized carbons (Fsp3) is 0.188. The lowest BCUT2D eigenvalue weighted by molar-refractivity contribution is -0.700. The van der Waals surface area contributed by atoms with Crippen molar-refractivity contribution in [2.24, 2.45) is 0 Å². The normalized spacial score (nSPS) is 9.44. The zero-order valence-electron chi connectivity index (χ0n) is 13.3. The Morgan fingerprint density at radius 2 is 1.76 bits per heavy atom. The summed E-state index contributed by atoms with van der Waals surface area (Å²) in [6.45, 7) is 2.77. The molecular weight excluding hydrogens is 330 g/mol. The van der Waals surface area contributed by atoms with Crippen LogP contribution < -0.4 is 4.57 Å². The van der Waals surface area contributed by atoms with Gasteiger partial charge in [-0.15, -0.1) is 0 Å². The van der Waals surface area contributed by atoms with Crippen molar-refractivity contribution in [1.29, 1.82) is 5.26 Å². The standard InChI is InChI=1S/C9H6O6.C7H9N3/c10-7(11)4-1-2-5(8(12)13)6(3-4)9(14)15;1-7-9-4-6-10(7)5-2-3-8/h1-3H,(H,10,11)(H,12,13)(H,14,15);4,6H,2,5H2,1H3/p+1. The van der Waals surface area contributed by atoms with Crippen molar-refractivity contribution < 1.29 is 34.3 Å². The van der Waals surface area contributed by atoms with E-state index >= 15 is 0 Å². The Morgan fingerprint density at radius 1 is 1.12 bits per heavy atom. The molecule has 0 saturated heterocycles. The average Bonchev–Trinajstić information content (AvgIpc) is 2.97. The van der Waals surface area contributed by atoms with Crippen molar-refractivity contribution in [2.45, 2.75) is 19.9 Å². The third kappa shape index (κ3) is 5.47. The van der Waals surface area contributed by atoms with Gasteiger partial charge in [-0.1, -0.05) is 0 Å². The first kappa shape index (κ1) is 19.4. The van der Waals surface area contributed by atoms with Crippen molar-refractivity contribution in [1.82, 2.24) is 4.98 Å². The highest BCUT2D eigenvalue weighted by atomic mass is 16.4. The topological polar surface area (TPSA) is 155 Å². The summed E-state index contributed by atoms with van der Waals surface area (Å²) in [5.74, 6) is -3.11. The number of carboxylic acid groups (broad SMARTS) is 3. The zero-order chi connectivity index (χ0) is 19.0. The molecule has 0 bridgehead atoms. The number of aryl methyl sites for hydroxylation is 2. The number of aromatic nitrogens is 2. The van der Waals surface area contributed by atoms with E-state index in [1.54, 1.807) is 0 Å². The van der Waals surface area contributed by atoms with E-state index in [1.165, 1.54) is 0 Å². The average molecular weight is 346 g/mol. The van der Waals surface area contributed by atoms with E-state index in [0.717, 1.165) is 30.6 Å². The van der Waals surface area contributed by atoms with Crippen LogP contribution in [-0.4, -0.2) is 38.2 Å². The van der Waals surface area contributed by atoms with E-state index in [-0.39, 0.29) is 5.56 Å². The number of rotatable bonds is 5. The summed E-state index contributed by atoms with van der Waals surface area (Å²) in [5, 5.41) is 34.2. The molecule has 2 rings (SSSR count). The Balaban J connectivity index is 0.000000271. The summed E-state index contributed by atoms with van der Waals surface area (Å²) >= 11 is 0. The van der Waals surface area contributed by atoms with Crippen LogP contribution >= 0.6 is 0 Å². The molecule has 25 heavy (non-hydrogen) atoms. The van der Waals surface area contributed by atoms with Crippen molar-refractivity contribution in [3.05, 3.63) is 53.1 Å². The number of carbonyl (C=O) groups is 3. The van der Waals surface area contributed by atoms with Gasteiger partial charge in [0.25, 0.3) is 5.82 Å². The number of hydrogen-bond donors (Lipinski definition) is 4. The Kier molecular flexibility index (Phi) is 6.84. The highest BCUT2D eigenvalue weighted by Crippen LogP contribution is 2.12. The minimum atomic E-state index is -1.48. The molecule has 0 saturated carbocycles. The van der Waals surface area contributed by atoms with Crippen LogP contribution in [0.25, 0.3) is 0 Å². The zero-order valence-corrected chi connectivity index (χ0v) is 13.3. The van der Waals surface area contributed by atoms with E-state index in [0.29, 0.717) is 6.42 Å². The first-order chi connectivity index (χ1) is 11.8. The quantitative estimate of drug-likeness (QED) is 0.595. The molecule has 1 aromatic heterocycles. The largest absolute Gasteiger partial charge is 0.478 e. The van der Waals surface area contributed by atoms with Crippen molar-refractivity contribution in [3.63, 3.8) is 0 Å². The molecule has 0 radical (unpaired) electrons. The number of H-pyrrole nitrogens is 1.